The van der Waals surface area contributed by atoms with Crippen LogP contribution in [-0.2, 0) is 9.47 Å². The summed E-state index contributed by atoms with van der Waals surface area (Å²) in [5.74, 6) is 3.25. The quantitative estimate of drug-likeness (QED) is 0.517. The number of rotatable bonds is 7. The summed E-state index contributed by atoms with van der Waals surface area (Å²) in [6.07, 6.45) is 0.565. The highest BCUT2D eigenvalue weighted by Gasteiger charge is 2.23. The van der Waals surface area contributed by atoms with Gasteiger partial charge in [0.25, 0.3) is 0 Å². The molecule has 11 nitrogen and oxygen atoms in total. The Bertz CT molecular complexity index is 1060. The van der Waals surface area contributed by atoms with Gasteiger partial charge in [0, 0.05) is 39.2 Å². The minimum atomic E-state index is 0.0862. The molecule has 4 heterocycles. The summed E-state index contributed by atoms with van der Waals surface area (Å²) in [4.78, 5) is 23.5. The molecule has 2 aliphatic heterocycles. The van der Waals surface area contributed by atoms with Gasteiger partial charge in [-0.05, 0) is 19.1 Å². The summed E-state index contributed by atoms with van der Waals surface area (Å²) in [7, 11) is 0. The molecule has 33 heavy (non-hydrogen) atoms. The lowest BCUT2D eigenvalue weighted by Gasteiger charge is -2.30. The summed E-state index contributed by atoms with van der Waals surface area (Å²) in [5.41, 5.74) is 1.61. The Morgan fingerprint density at radius 2 is 1.48 bits per heavy atom. The minimum absolute atomic E-state index is 0.0862. The molecule has 0 radical (unpaired) electrons. The fourth-order valence-corrected chi connectivity index (χ4v) is 4.06. The van der Waals surface area contributed by atoms with E-state index in [-0.39, 0.29) is 6.61 Å². The number of anilines is 2. The second-order valence-corrected chi connectivity index (χ2v) is 7.98. The second-order valence-electron chi connectivity index (χ2n) is 7.98. The molecule has 2 saturated heterocycles. The molecule has 0 bridgehead atoms. The van der Waals surface area contributed by atoms with Crippen molar-refractivity contribution in [2.45, 2.75) is 13.3 Å². The smallest absolute Gasteiger partial charge is 0.242 e. The Morgan fingerprint density at radius 1 is 0.879 bits per heavy atom. The van der Waals surface area contributed by atoms with Gasteiger partial charge < -0.3 is 29.1 Å². The molecule has 2 fully saturated rings. The largest absolute Gasteiger partial charge is 0.491 e. The van der Waals surface area contributed by atoms with Crippen LogP contribution in [0.15, 0.2) is 18.2 Å². The van der Waals surface area contributed by atoms with E-state index >= 15 is 0 Å². The lowest BCUT2D eigenvalue weighted by molar-refractivity contribution is 0.121. The van der Waals surface area contributed by atoms with Crippen LogP contribution in [0.4, 0.5) is 11.9 Å². The zero-order valence-electron chi connectivity index (χ0n) is 18.8. The third-order valence-electron chi connectivity index (χ3n) is 5.76. The van der Waals surface area contributed by atoms with E-state index in [1.807, 2.05) is 29.7 Å². The molecule has 2 aliphatic rings. The first kappa shape index (κ1) is 21.8. The van der Waals surface area contributed by atoms with Crippen molar-refractivity contribution in [3.8, 4) is 11.7 Å². The Labute approximate surface area is 191 Å². The molecule has 3 aromatic rings. The highest BCUT2D eigenvalue weighted by molar-refractivity contribution is 5.83. The van der Waals surface area contributed by atoms with Crippen molar-refractivity contribution in [1.29, 1.82) is 0 Å². The molecule has 0 unspecified atom stereocenters. The Kier molecular flexibility index (Phi) is 6.51. The summed E-state index contributed by atoms with van der Waals surface area (Å²) >= 11 is 0. The first-order valence-corrected chi connectivity index (χ1v) is 11.4. The average Bonchev–Trinajstić information content (AvgIpc) is 3.21. The van der Waals surface area contributed by atoms with Crippen LogP contribution >= 0.6 is 0 Å². The maximum atomic E-state index is 9.08. The van der Waals surface area contributed by atoms with E-state index in [2.05, 4.69) is 9.80 Å². The van der Waals surface area contributed by atoms with E-state index < -0.39 is 0 Å². The van der Waals surface area contributed by atoms with Crippen LogP contribution in [0.2, 0.25) is 0 Å². The number of nitrogens with zero attached hydrogens (tertiary/aromatic N) is 7. The number of benzene rings is 1. The number of para-hydroxylation sites is 1. The molecule has 1 aromatic carbocycles. The Morgan fingerprint density at radius 3 is 2.09 bits per heavy atom. The number of morpholine rings is 2. The van der Waals surface area contributed by atoms with Gasteiger partial charge in [-0.25, -0.2) is 4.98 Å². The van der Waals surface area contributed by atoms with Gasteiger partial charge in [-0.3, -0.25) is 4.57 Å². The monoisotopic (exact) mass is 455 g/mol. The lowest BCUT2D eigenvalue weighted by Crippen LogP contribution is -2.40. The lowest BCUT2D eigenvalue weighted by atomic mass is 10.3. The second kappa shape index (κ2) is 9.86. The average molecular weight is 456 g/mol. The van der Waals surface area contributed by atoms with Crippen molar-refractivity contribution >= 4 is 22.9 Å². The van der Waals surface area contributed by atoms with Gasteiger partial charge in [0.1, 0.15) is 17.1 Å². The summed E-state index contributed by atoms with van der Waals surface area (Å²) < 4.78 is 18.8. The van der Waals surface area contributed by atoms with E-state index in [1.54, 1.807) is 0 Å². The van der Waals surface area contributed by atoms with Gasteiger partial charge in [0.2, 0.25) is 17.8 Å². The molecule has 1 N–H and O–H groups in total. The van der Waals surface area contributed by atoms with Crippen molar-refractivity contribution in [2.75, 3.05) is 75.6 Å². The van der Waals surface area contributed by atoms with E-state index in [4.69, 9.17) is 39.3 Å². The third-order valence-corrected chi connectivity index (χ3v) is 5.76. The number of imidazole rings is 1. The molecule has 176 valence electrons. The standard InChI is InChI=1S/C22H29N7O4/c1-16-23-19-17(4-2-5-18(19)33-11-3-10-30)29(16)22-25-20(27-6-12-31-13-7-27)24-21(26-22)28-8-14-32-15-9-28/h2,4-5,30H,3,6-15H2,1H3. The van der Waals surface area contributed by atoms with Gasteiger partial charge in [-0.15, -0.1) is 0 Å². The topological polar surface area (TPSA) is 111 Å². The molecule has 11 heteroatoms. The van der Waals surface area contributed by atoms with E-state index in [0.717, 1.165) is 43.0 Å². The first-order chi connectivity index (χ1) is 16.2. The molecular formula is C22H29N7O4. The van der Waals surface area contributed by atoms with Crippen LogP contribution in [-0.4, -0.2) is 95.4 Å². The maximum Gasteiger partial charge on any atom is 0.242 e. The molecule has 0 aliphatic carbocycles. The summed E-state index contributed by atoms with van der Waals surface area (Å²) in [6.45, 7) is 7.98. The van der Waals surface area contributed by atoms with Crippen molar-refractivity contribution < 1.29 is 19.3 Å². The Hall–Kier alpha value is -3.02. The SMILES string of the molecule is Cc1nc2c(OCCCO)cccc2n1-c1nc(N2CCOCC2)nc(N2CCOCC2)n1. The van der Waals surface area contributed by atoms with Crippen LogP contribution in [0.5, 0.6) is 5.75 Å². The number of hydrogen-bond donors (Lipinski definition) is 1. The number of aryl methyl sites for hydroxylation is 1. The van der Waals surface area contributed by atoms with Crippen LogP contribution in [0.3, 0.4) is 0 Å². The van der Waals surface area contributed by atoms with Gasteiger partial charge in [-0.1, -0.05) is 6.07 Å². The molecule has 0 saturated carbocycles. The predicted molar refractivity (Wildman–Crippen MR) is 122 cm³/mol. The van der Waals surface area contributed by atoms with Crippen molar-refractivity contribution in [3.05, 3.63) is 24.0 Å². The van der Waals surface area contributed by atoms with E-state index in [1.165, 1.54) is 0 Å². The number of aliphatic hydroxyl groups is 1. The summed E-state index contributed by atoms with van der Waals surface area (Å²) in [5, 5.41) is 9.08. The fraction of sp³-hybridized carbons (Fsp3) is 0.545. The molecule has 0 amide bonds. The van der Waals surface area contributed by atoms with Crippen LogP contribution < -0.4 is 14.5 Å². The zero-order chi connectivity index (χ0) is 22.6. The number of hydrogen-bond acceptors (Lipinski definition) is 10. The molecule has 2 aromatic heterocycles. The van der Waals surface area contributed by atoms with Crippen LogP contribution in [0.25, 0.3) is 17.0 Å². The van der Waals surface area contributed by atoms with Gasteiger partial charge in [-0.2, -0.15) is 15.0 Å². The minimum Gasteiger partial charge on any atom is -0.491 e. The molecular weight excluding hydrogens is 426 g/mol. The highest BCUT2D eigenvalue weighted by atomic mass is 16.5. The Balaban J connectivity index is 1.58. The number of ether oxygens (including phenoxy) is 3. The zero-order valence-corrected chi connectivity index (χ0v) is 18.8. The van der Waals surface area contributed by atoms with Crippen molar-refractivity contribution in [3.63, 3.8) is 0 Å². The highest BCUT2D eigenvalue weighted by Crippen LogP contribution is 2.29. The summed E-state index contributed by atoms with van der Waals surface area (Å²) in [6, 6.07) is 5.81. The third kappa shape index (κ3) is 4.56. The normalized spacial score (nSPS) is 17.0. The first-order valence-electron chi connectivity index (χ1n) is 11.4. The van der Waals surface area contributed by atoms with Gasteiger partial charge in [0.05, 0.1) is 38.6 Å². The van der Waals surface area contributed by atoms with Crippen LogP contribution in [0, 0.1) is 6.92 Å². The van der Waals surface area contributed by atoms with Gasteiger partial charge >= 0.3 is 0 Å². The van der Waals surface area contributed by atoms with E-state index in [0.29, 0.717) is 63.0 Å². The van der Waals surface area contributed by atoms with Crippen molar-refractivity contribution in [2.24, 2.45) is 0 Å². The predicted octanol–water partition coefficient (Wildman–Crippen LogP) is 0.953. The van der Waals surface area contributed by atoms with Crippen molar-refractivity contribution in [1.82, 2.24) is 24.5 Å². The van der Waals surface area contributed by atoms with Crippen LogP contribution in [0.1, 0.15) is 12.2 Å². The number of fused-ring (bicyclic) bond motifs is 1. The fourth-order valence-electron chi connectivity index (χ4n) is 4.06. The molecule has 5 rings (SSSR count). The maximum absolute atomic E-state index is 9.08. The van der Waals surface area contributed by atoms with E-state index in [9.17, 15) is 0 Å². The van der Waals surface area contributed by atoms with Gasteiger partial charge in [0.15, 0.2) is 0 Å². The molecule has 0 spiro atoms. The molecule has 0 atom stereocenters. The number of aliphatic hydroxyl groups excluding tert-OH is 1. The number of aromatic nitrogens is 5.